The maximum atomic E-state index is 12.5. The number of quaternary nitrogens is 2. The molecule has 0 saturated heterocycles. The number of nitrogens with zero attached hydrogens (tertiary/aromatic N) is 2. The zero-order valence-electron chi connectivity index (χ0n) is 38.9. The monoisotopic (exact) mass is 877 g/mol. The number of carbonyl (C=O) groups is 2. The zero-order valence-corrected chi connectivity index (χ0v) is 42.6. The molecule has 0 rings (SSSR count). The van der Waals surface area contributed by atoms with Gasteiger partial charge in [-0.05, 0) is 64.9 Å². The summed E-state index contributed by atoms with van der Waals surface area (Å²) in [4.78, 5) is 24.7. The first-order valence-electron chi connectivity index (χ1n) is 20.7. The standard InChI is InChI=1S/C25H54NO5SSi.C15H34NO5SSi/c1-9-12-17-29-33(30-18-13-10-2,31-19-14-11-3)22-15-21-32-23-25(4,5)24(27)28-20-16-26(6,7)8;1-15(2,14(17)21-10-9-16(3,4)5)13-22-11-12-23(18-6,19-7)20-8/h9-23H2,1-8H3;9-13H2,1-8H3/q2*+1. The molecule has 12 nitrogen and oxygen atoms in total. The molecule has 336 valence electrons. The van der Waals surface area contributed by atoms with Crippen molar-refractivity contribution in [2.24, 2.45) is 10.8 Å². The van der Waals surface area contributed by atoms with Crippen LogP contribution < -0.4 is 0 Å². The maximum absolute atomic E-state index is 12.5. The number of esters is 2. The first-order valence-corrected chi connectivity index (χ1v) is 26.9. The van der Waals surface area contributed by atoms with Crippen molar-refractivity contribution in [3.63, 3.8) is 0 Å². The Bertz CT molecular complexity index is 976. The van der Waals surface area contributed by atoms with Gasteiger partial charge in [-0.1, -0.05) is 40.0 Å². The van der Waals surface area contributed by atoms with Crippen LogP contribution in [-0.2, 0) is 45.6 Å². The number of hydrogen-bond donors (Lipinski definition) is 0. The average molecular weight is 877 g/mol. The SMILES string of the molecule is CCCCO[Si](CCCSCC(C)(C)C(=O)OCC[N+](C)(C)C)(OCCCC)OCCCC.CO[Si](CCSCC(C)(C)C(=O)OCC[N+](C)(C)C)(OC)OC. The minimum Gasteiger partial charge on any atom is -0.459 e. The van der Waals surface area contributed by atoms with Gasteiger partial charge in [0.2, 0.25) is 0 Å². The van der Waals surface area contributed by atoms with Gasteiger partial charge in [0, 0.05) is 64.7 Å². The third kappa shape index (κ3) is 29.1. The van der Waals surface area contributed by atoms with E-state index >= 15 is 0 Å². The number of unbranched alkanes of at least 4 members (excludes halogenated alkanes) is 3. The second-order valence-electron chi connectivity index (χ2n) is 17.6. The first-order chi connectivity index (χ1) is 26.0. The zero-order chi connectivity index (χ0) is 43.4. The molecule has 0 aliphatic heterocycles. The van der Waals surface area contributed by atoms with E-state index in [0.29, 0.717) is 44.8 Å². The summed E-state index contributed by atoms with van der Waals surface area (Å²) in [5.41, 5.74) is -0.996. The van der Waals surface area contributed by atoms with E-state index in [1.54, 1.807) is 44.9 Å². The molecule has 0 aliphatic rings. The molecule has 56 heavy (non-hydrogen) atoms. The fraction of sp³-hybridized carbons (Fsp3) is 0.950. The molecule has 0 N–H and O–H groups in total. The third-order valence-corrected chi connectivity index (χ3v) is 17.6. The maximum Gasteiger partial charge on any atom is 0.500 e. The van der Waals surface area contributed by atoms with Gasteiger partial charge < -0.3 is 45.0 Å². The average Bonchev–Trinajstić information content (AvgIpc) is 3.11. The fourth-order valence-corrected chi connectivity index (χ4v) is 12.1. The van der Waals surface area contributed by atoms with Crippen molar-refractivity contribution in [3.8, 4) is 0 Å². The molecule has 0 atom stereocenters. The summed E-state index contributed by atoms with van der Waals surface area (Å²) in [7, 11) is 12.2. The normalized spacial score (nSPS) is 13.0. The van der Waals surface area contributed by atoms with E-state index in [2.05, 4.69) is 63.1 Å². The van der Waals surface area contributed by atoms with Crippen LogP contribution in [0.2, 0.25) is 12.1 Å². The van der Waals surface area contributed by atoms with Crippen molar-refractivity contribution in [3.05, 3.63) is 0 Å². The number of ether oxygens (including phenoxy) is 2. The van der Waals surface area contributed by atoms with Crippen molar-refractivity contribution >= 4 is 53.1 Å². The van der Waals surface area contributed by atoms with E-state index in [0.717, 1.165) is 90.3 Å². The van der Waals surface area contributed by atoms with E-state index in [1.165, 1.54) is 0 Å². The molecule has 0 aliphatic carbocycles. The number of likely N-dealkylation sites (N-methyl/N-ethyl adjacent to an activating group) is 2. The Morgan fingerprint density at radius 3 is 1.20 bits per heavy atom. The van der Waals surface area contributed by atoms with Crippen molar-refractivity contribution < 1.29 is 54.6 Å². The van der Waals surface area contributed by atoms with Gasteiger partial charge in [-0.15, -0.1) is 0 Å². The van der Waals surface area contributed by atoms with Crippen LogP contribution in [0.5, 0.6) is 0 Å². The Kier molecular flexibility index (Phi) is 31.7. The largest absolute Gasteiger partial charge is 0.500 e. The highest BCUT2D eigenvalue weighted by Gasteiger charge is 2.41. The van der Waals surface area contributed by atoms with Gasteiger partial charge in [0.25, 0.3) is 0 Å². The van der Waals surface area contributed by atoms with Gasteiger partial charge in [-0.2, -0.15) is 23.5 Å². The van der Waals surface area contributed by atoms with Crippen LogP contribution in [0.3, 0.4) is 0 Å². The second kappa shape index (κ2) is 30.7. The van der Waals surface area contributed by atoms with E-state index < -0.39 is 28.4 Å². The summed E-state index contributed by atoms with van der Waals surface area (Å²) < 4.78 is 47.7. The predicted molar refractivity (Wildman–Crippen MR) is 239 cm³/mol. The summed E-state index contributed by atoms with van der Waals surface area (Å²) in [5, 5.41) is 0. The summed E-state index contributed by atoms with van der Waals surface area (Å²) in [6, 6.07) is 1.55. The number of rotatable bonds is 34. The lowest BCUT2D eigenvalue weighted by atomic mass is 9.97. The summed E-state index contributed by atoms with van der Waals surface area (Å²) in [6.07, 6.45) is 7.36. The van der Waals surface area contributed by atoms with Crippen LogP contribution >= 0.6 is 23.5 Å². The molecule has 0 saturated carbocycles. The molecular weight excluding hydrogens is 789 g/mol. The molecule has 0 unspecified atom stereocenters. The van der Waals surface area contributed by atoms with E-state index in [-0.39, 0.29) is 11.9 Å². The van der Waals surface area contributed by atoms with Crippen LogP contribution in [0.4, 0.5) is 0 Å². The van der Waals surface area contributed by atoms with Crippen molar-refractivity contribution in [2.45, 2.75) is 106 Å². The van der Waals surface area contributed by atoms with Crippen LogP contribution in [0.25, 0.3) is 0 Å². The van der Waals surface area contributed by atoms with E-state index in [9.17, 15) is 9.59 Å². The quantitative estimate of drug-likeness (QED) is 0.0275. The lowest BCUT2D eigenvalue weighted by Gasteiger charge is -2.30. The Morgan fingerprint density at radius 2 is 0.875 bits per heavy atom. The molecule has 0 aromatic carbocycles. The molecule has 0 aromatic heterocycles. The predicted octanol–water partition coefficient (Wildman–Crippen LogP) is 7.65. The highest BCUT2D eigenvalue weighted by molar-refractivity contribution is 7.99. The van der Waals surface area contributed by atoms with Crippen LogP contribution in [-0.4, -0.2) is 171 Å². The molecular formula is C40H88N2O10S2Si2+2. The Balaban J connectivity index is 0. The topological polar surface area (TPSA) is 108 Å². The Hall–Kier alpha value is -0.246. The van der Waals surface area contributed by atoms with Crippen molar-refractivity contribution in [1.82, 2.24) is 0 Å². The number of carbonyl (C=O) groups excluding carboxylic acids is 2. The highest BCUT2D eigenvalue weighted by atomic mass is 32.2. The minimum absolute atomic E-state index is 0.110. The minimum atomic E-state index is -2.67. The molecule has 16 heteroatoms. The van der Waals surface area contributed by atoms with Gasteiger partial charge in [-0.3, -0.25) is 9.59 Å². The molecule has 0 fully saturated rings. The van der Waals surface area contributed by atoms with E-state index in [4.69, 9.17) is 36.0 Å². The lowest BCUT2D eigenvalue weighted by Crippen LogP contribution is -2.46. The molecule has 0 radical (unpaired) electrons. The van der Waals surface area contributed by atoms with Crippen LogP contribution in [0.15, 0.2) is 0 Å². The van der Waals surface area contributed by atoms with Gasteiger partial charge in [0.1, 0.15) is 26.3 Å². The molecule has 0 bridgehead atoms. The number of hydrogen-bond acceptors (Lipinski definition) is 12. The summed E-state index contributed by atoms with van der Waals surface area (Å²) >= 11 is 3.49. The second-order valence-corrected chi connectivity index (χ2v) is 25.6. The van der Waals surface area contributed by atoms with Gasteiger partial charge in [0.05, 0.1) is 53.1 Å². The highest BCUT2D eigenvalue weighted by Crippen LogP contribution is 2.28. The third-order valence-electron chi connectivity index (χ3n) is 8.74. The smallest absolute Gasteiger partial charge is 0.459 e. The molecule has 0 aromatic rings. The Morgan fingerprint density at radius 1 is 0.518 bits per heavy atom. The van der Waals surface area contributed by atoms with Crippen molar-refractivity contribution in [1.29, 1.82) is 0 Å². The van der Waals surface area contributed by atoms with Crippen LogP contribution in [0, 0.1) is 10.8 Å². The van der Waals surface area contributed by atoms with Gasteiger partial charge in [0.15, 0.2) is 0 Å². The summed E-state index contributed by atoms with van der Waals surface area (Å²) in [5.74, 6) is 2.95. The molecule has 0 heterocycles. The fourth-order valence-electron chi connectivity index (χ4n) is 4.59. The van der Waals surface area contributed by atoms with Crippen LogP contribution in [0.1, 0.15) is 93.4 Å². The number of thioether (sulfide) groups is 2. The molecule has 0 amide bonds. The molecule has 0 spiro atoms. The summed E-state index contributed by atoms with van der Waals surface area (Å²) in [6.45, 7) is 19.0. The van der Waals surface area contributed by atoms with Crippen molar-refractivity contribution in [2.75, 3.05) is 133 Å². The first kappa shape index (κ1) is 57.8. The van der Waals surface area contributed by atoms with E-state index in [1.807, 2.05) is 27.7 Å². The lowest BCUT2D eigenvalue weighted by molar-refractivity contribution is -0.870. The van der Waals surface area contributed by atoms with Gasteiger partial charge in [-0.25, -0.2) is 0 Å². The Labute approximate surface area is 355 Å². The van der Waals surface area contributed by atoms with Gasteiger partial charge >= 0.3 is 29.5 Å².